The molecule has 0 aromatic rings. The van der Waals surface area contributed by atoms with Gasteiger partial charge in [-0.3, -0.25) is 0 Å². The van der Waals surface area contributed by atoms with E-state index < -0.39 is 0 Å². The van der Waals surface area contributed by atoms with Gasteiger partial charge in [-0.1, -0.05) is 0 Å². The van der Waals surface area contributed by atoms with Crippen molar-refractivity contribution in [2.45, 2.75) is 0 Å². The lowest BCUT2D eigenvalue weighted by Crippen LogP contribution is -2.08. The molecule has 0 bridgehead atoms. The average Bonchev–Trinajstić information content (AvgIpc) is 2.16. The van der Waals surface area contributed by atoms with Crippen molar-refractivity contribution in [2.24, 2.45) is 0 Å². The van der Waals surface area contributed by atoms with Crippen LogP contribution in [0.25, 0.3) is 0 Å². The van der Waals surface area contributed by atoms with Crippen molar-refractivity contribution >= 4 is 23.2 Å². The molecule has 13 heavy (non-hydrogen) atoms. The summed E-state index contributed by atoms with van der Waals surface area (Å²) < 4.78 is 19.6. The van der Waals surface area contributed by atoms with Gasteiger partial charge in [-0.25, -0.2) is 0 Å². The van der Waals surface area contributed by atoms with Crippen LogP contribution in [0.15, 0.2) is 0 Å². The van der Waals surface area contributed by atoms with E-state index in [1.165, 1.54) is 0 Å². The van der Waals surface area contributed by atoms with Gasteiger partial charge in [0.15, 0.2) is 6.79 Å². The third kappa shape index (κ3) is 12.4. The molecule has 4 nitrogen and oxygen atoms in total. The lowest BCUT2D eigenvalue weighted by atomic mass is 10.9. The zero-order valence-electron chi connectivity index (χ0n) is 7.34. The van der Waals surface area contributed by atoms with E-state index in [4.69, 9.17) is 42.1 Å². The molecule has 0 N–H and O–H groups in total. The molecule has 0 atom stereocenters. The Labute approximate surface area is 88.0 Å². The minimum Gasteiger partial charge on any atom is -0.354 e. The van der Waals surface area contributed by atoms with Gasteiger partial charge in [0.05, 0.1) is 13.2 Å². The molecule has 0 amide bonds. The summed E-state index contributed by atoms with van der Waals surface area (Å²) in [5, 5.41) is 0. The molecule has 0 fully saturated rings. The number of hydrogen-bond donors (Lipinski definition) is 0. The topological polar surface area (TPSA) is 36.9 Å². The van der Waals surface area contributed by atoms with Crippen LogP contribution in [0.2, 0.25) is 0 Å². The fourth-order valence-electron chi connectivity index (χ4n) is 0.472. The predicted octanol–water partition coefficient (Wildman–Crippen LogP) is 1.40. The Bertz CT molecular complexity index is 84.6. The fourth-order valence-corrected chi connectivity index (χ4v) is 0.690. The second-order valence-electron chi connectivity index (χ2n) is 1.96. The Morgan fingerprint density at radius 3 is 1.38 bits per heavy atom. The molecule has 0 saturated carbocycles. The fraction of sp³-hybridized carbons (Fsp3) is 1.00. The Kier molecular flexibility index (Phi) is 12.8. The van der Waals surface area contributed by atoms with Crippen molar-refractivity contribution in [3.8, 4) is 0 Å². The minimum absolute atomic E-state index is 0.143. The number of alkyl halides is 2. The van der Waals surface area contributed by atoms with Crippen LogP contribution in [0.1, 0.15) is 0 Å². The van der Waals surface area contributed by atoms with E-state index >= 15 is 0 Å². The summed E-state index contributed by atoms with van der Waals surface area (Å²) in [6.45, 7) is 1.46. The van der Waals surface area contributed by atoms with Crippen LogP contribution >= 0.6 is 23.2 Å². The highest BCUT2D eigenvalue weighted by molar-refractivity contribution is 6.18. The van der Waals surface area contributed by atoms with Gasteiger partial charge in [0.25, 0.3) is 0 Å². The first kappa shape index (κ1) is 13.4. The van der Waals surface area contributed by atoms with Crippen LogP contribution in [0.4, 0.5) is 0 Å². The number of rotatable bonds is 10. The maximum absolute atomic E-state index is 5.35. The average molecular weight is 233 g/mol. The summed E-state index contributed by atoms with van der Waals surface area (Å²) in [5.41, 5.74) is 0. The van der Waals surface area contributed by atoms with Gasteiger partial charge in [-0.05, 0) is 0 Å². The van der Waals surface area contributed by atoms with E-state index in [-0.39, 0.29) is 20.4 Å². The highest BCUT2D eigenvalue weighted by Crippen LogP contribution is 1.84. The van der Waals surface area contributed by atoms with Crippen molar-refractivity contribution in [3.05, 3.63) is 0 Å². The van der Waals surface area contributed by atoms with Gasteiger partial charge in [-0.15, -0.1) is 23.2 Å². The predicted molar refractivity (Wildman–Crippen MR) is 50.1 cm³/mol. The highest BCUT2D eigenvalue weighted by atomic mass is 35.5. The van der Waals surface area contributed by atoms with Gasteiger partial charge in [0, 0.05) is 11.8 Å². The normalized spacial score (nSPS) is 10.6. The Hall–Kier alpha value is 0.420. The molecule has 0 saturated heterocycles. The number of hydrogen-bond acceptors (Lipinski definition) is 4. The van der Waals surface area contributed by atoms with Crippen LogP contribution < -0.4 is 0 Å². The molecule has 0 aliphatic heterocycles. The van der Waals surface area contributed by atoms with Crippen LogP contribution in [-0.4, -0.2) is 45.4 Å². The van der Waals surface area contributed by atoms with Crippen LogP contribution in [0.5, 0.6) is 0 Å². The molecule has 0 heterocycles. The lowest BCUT2D eigenvalue weighted by Gasteiger charge is -2.05. The van der Waals surface area contributed by atoms with Crippen molar-refractivity contribution in [1.29, 1.82) is 0 Å². The van der Waals surface area contributed by atoms with Crippen molar-refractivity contribution in [1.82, 2.24) is 0 Å². The standard InChI is InChI=1S/C7H14Cl2O4/c8-1-3-10-5-12-7-13-6-11-4-2-9/h1-7H2. The Morgan fingerprint density at radius 1 is 0.615 bits per heavy atom. The summed E-state index contributed by atoms with van der Waals surface area (Å²) in [7, 11) is 0. The molecule has 6 heteroatoms. The van der Waals surface area contributed by atoms with E-state index in [1.54, 1.807) is 0 Å². The SMILES string of the molecule is ClCCOCOCOCOCCCl. The third-order valence-electron chi connectivity index (χ3n) is 0.943. The summed E-state index contributed by atoms with van der Waals surface area (Å²) in [6, 6.07) is 0. The maximum atomic E-state index is 5.35. The summed E-state index contributed by atoms with van der Waals surface area (Å²) in [6.07, 6.45) is 0. The second-order valence-corrected chi connectivity index (χ2v) is 2.71. The molecular weight excluding hydrogens is 219 g/mol. The van der Waals surface area contributed by atoms with Crippen LogP contribution in [0.3, 0.4) is 0 Å². The maximum Gasteiger partial charge on any atom is 0.152 e. The molecule has 0 spiro atoms. The largest absolute Gasteiger partial charge is 0.354 e. The zero-order valence-corrected chi connectivity index (χ0v) is 8.85. The molecule has 80 valence electrons. The Morgan fingerprint density at radius 2 is 1.00 bits per heavy atom. The first-order valence-electron chi connectivity index (χ1n) is 3.84. The summed E-state index contributed by atoms with van der Waals surface area (Å²) in [4.78, 5) is 0. The van der Waals surface area contributed by atoms with Gasteiger partial charge in [0.1, 0.15) is 13.6 Å². The smallest absolute Gasteiger partial charge is 0.152 e. The zero-order chi connectivity index (χ0) is 9.78. The summed E-state index contributed by atoms with van der Waals surface area (Å²) in [5.74, 6) is 0.923. The molecule has 0 aromatic carbocycles. The van der Waals surface area contributed by atoms with E-state index in [0.29, 0.717) is 25.0 Å². The lowest BCUT2D eigenvalue weighted by molar-refractivity contribution is -0.167. The molecule has 0 rings (SSSR count). The third-order valence-corrected chi connectivity index (χ3v) is 1.25. The van der Waals surface area contributed by atoms with Gasteiger partial charge in [0.2, 0.25) is 0 Å². The second kappa shape index (κ2) is 12.4. The van der Waals surface area contributed by atoms with Crippen LogP contribution in [0, 0.1) is 0 Å². The van der Waals surface area contributed by atoms with Crippen molar-refractivity contribution in [3.63, 3.8) is 0 Å². The van der Waals surface area contributed by atoms with Crippen LogP contribution in [-0.2, 0) is 18.9 Å². The first-order chi connectivity index (χ1) is 6.41. The van der Waals surface area contributed by atoms with Gasteiger partial charge >= 0.3 is 0 Å². The molecule has 0 aromatic heterocycles. The molecular formula is C7H14Cl2O4. The Balaban J connectivity index is 2.76. The van der Waals surface area contributed by atoms with E-state index in [0.717, 1.165) is 0 Å². The van der Waals surface area contributed by atoms with Gasteiger partial charge < -0.3 is 18.9 Å². The van der Waals surface area contributed by atoms with E-state index in [9.17, 15) is 0 Å². The van der Waals surface area contributed by atoms with Crippen molar-refractivity contribution in [2.75, 3.05) is 45.4 Å². The molecule has 0 unspecified atom stereocenters. The summed E-state index contributed by atoms with van der Waals surface area (Å²) >= 11 is 10.7. The van der Waals surface area contributed by atoms with Crippen molar-refractivity contribution < 1.29 is 18.9 Å². The van der Waals surface area contributed by atoms with E-state index in [2.05, 4.69) is 0 Å². The van der Waals surface area contributed by atoms with Gasteiger partial charge in [-0.2, -0.15) is 0 Å². The highest BCUT2D eigenvalue weighted by Gasteiger charge is 1.89. The number of halogens is 2. The molecule has 0 radical (unpaired) electrons. The number of ether oxygens (including phenoxy) is 4. The monoisotopic (exact) mass is 232 g/mol. The van der Waals surface area contributed by atoms with E-state index in [1.807, 2.05) is 0 Å². The molecule has 0 aliphatic carbocycles. The molecule has 0 aliphatic rings. The quantitative estimate of drug-likeness (QED) is 0.324. The minimum atomic E-state index is 0.143. The first-order valence-corrected chi connectivity index (χ1v) is 4.91.